The van der Waals surface area contributed by atoms with Gasteiger partial charge in [-0.25, -0.2) is 0 Å². The highest BCUT2D eigenvalue weighted by atomic mass is 16.5. The molecule has 1 aromatic rings. The van der Waals surface area contributed by atoms with E-state index in [1.807, 2.05) is 25.1 Å². The number of hydrogen-bond donors (Lipinski definition) is 0. The summed E-state index contributed by atoms with van der Waals surface area (Å²) in [6.45, 7) is 4.92. The van der Waals surface area contributed by atoms with Gasteiger partial charge in [0.2, 0.25) is 0 Å². The van der Waals surface area contributed by atoms with Crippen molar-refractivity contribution in [2.45, 2.75) is 20.3 Å². The molecule has 0 saturated carbocycles. The third kappa shape index (κ3) is 2.62. The van der Waals surface area contributed by atoms with Gasteiger partial charge in [-0.2, -0.15) is 0 Å². The summed E-state index contributed by atoms with van der Waals surface area (Å²) in [6, 6.07) is 8.84. The van der Waals surface area contributed by atoms with Gasteiger partial charge in [0, 0.05) is 0 Å². The molecule has 1 heteroatoms. The van der Waals surface area contributed by atoms with Gasteiger partial charge in [0.05, 0.1) is 6.61 Å². The molecule has 0 saturated heterocycles. The molecule has 0 amide bonds. The first-order valence-corrected chi connectivity index (χ1v) is 3.93. The van der Waals surface area contributed by atoms with Crippen molar-refractivity contribution in [3.8, 4) is 5.75 Å². The molecular formula is C10H13O. The number of benzene rings is 1. The Bertz CT molecular complexity index is 218. The van der Waals surface area contributed by atoms with Crippen molar-refractivity contribution in [1.29, 1.82) is 0 Å². The van der Waals surface area contributed by atoms with Gasteiger partial charge in [-0.1, -0.05) is 13.0 Å². The SMILES string of the molecule is CCCOc1c[c]cc(C)c1. The van der Waals surface area contributed by atoms with Gasteiger partial charge in [-0.05, 0) is 37.1 Å². The van der Waals surface area contributed by atoms with Gasteiger partial charge in [-0.3, -0.25) is 0 Å². The lowest BCUT2D eigenvalue weighted by atomic mass is 10.2. The van der Waals surface area contributed by atoms with Crippen LogP contribution in [0.4, 0.5) is 0 Å². The third-order valence-corrected chi connectivity index (χ3v) is 1.38. The quantitative estimate of drug-likeness (QED) is 0.641. The number of ether oxygens (including phenoxy) is 1. The van der Waals surface area contributed by atoms with Crippen LogP contribution in [-0.4, -0.2) is 6.61 Å². The van der Waals surface area contributed by atoms with E-state index in [-0.39, 0.29) is 0 Å². The minimum atomic E-state index is 0.789. The zero-order valence-corrected chi connectivity index (χ0v) is 7.05. The van der Waals surface area contributed by atoms with E-state index in [0.29, 0.717) is 0 Å². The van der Waals surface area contributed by atoms with Gasteiger partial charge >= 0.3 is 0 Å². The van der Waals surface area contributed by atoms with Crippen molar-refractivity contribution in [2.24, 2.45) is 0 Å². The molecule has 59 valence electrons. The van der Waals surface area contributed by atoms with E-state index >= 15 is 0 Å². The van der Waals surface area contributed by atoms with Crippen LogP contribution < -0.4 is 4.74 Å². The highest BCUT2D eigenvalue weighted by Gasteiger charge is 1.91. The molecule has 11 heavy (non-hydrogen) atoms. The van der Waals surface area contributed by atoms with Crippen LogP contribution in [0.2, 0.25) is 0 Å². The van der Waals surface area contributed by atoms with Gasteiger partial charge in [-0.15, -0.1) is 0 Å². The summed E-state index contributed by atoms with van der Waals surface area (Å²) in [5.41, 5.74) is 1.19. The lowest BCUT2D eigenvalue weighted by Crippen LogP contribution is -1.94. The van der Waals surface area contributed by atoms with E-state index in [0.717, 1.165) is 18.8 Å². The Morgan fingerprint density at radius 1 is 1.45 bits per heavy atom. The average molecular weight is 149 g/mol. The van der Waals surface area contributed by atoms with Crippen LogP contribution in [0.25, 0.3) is 0 Å². The topological polar surface area (TPSA) is 9.23 Å². The van der Waals surface area contributed by atoms with E-state index in [9.17, 15) is 0 Å². The van der Waals surface area contributed by atoms with E-state index < -0.39 is 0 Å². The molecule has 0 aliphatic rings. The fraction of sp³-hybridized carbons (Fsp3) is 0.400. The van der Waals surface area contributed by atoms with Gasteiger partial charge in [0.15, 0.2) is 0 Å². The summed E-state index contributed by atoms with van der Waals surface area (Å²) in [5, 5.41) is 0. The molecule has 1 radical (unpaired) electrons. The fourth-order valence-corrected chi connectivity index (χ4v) is 0.866. The molecule has 0 aliphatic heterocycles. The Kier molecular flexibility index (Phi) is 2.96. The van der Waals surface area contributed by atoms with Crippen LogP contribution in [-0.2, 0) is 0 Å². The second-order valence-electron chi connectivity index (χ2n) is 2.59. The molecule has 1 nitrogen and oxygen atoms in total. The Labute approximate surface area is 68.0 Å². The lowest BCUT2D eigenvalue weighted by molar-refractivity contribution is 0.317. The molecule has 0 unspecified atom stereocenters. The largest absolute Gasteiger partial charge is 0.494 e. The van der Waals surface area contributed by atoms with Crippen LogP contribution in [0, 0.1) is 13.0 Å². The van der Waals surface area contributed by atoms with Crippen molar-refractivity contribution >= 4 is 0 Å². The summed E-state index contributed by atoms with van der Waals surface area (Å²) in [5.74, 6) is 0.923. The summed E-state index contributed by atoms with van der Waals surface area (Å²) in [7, 11) is 0. The van der Waals surface area contributed by atoms with E-state index in [4.69, 9.17) is 4.74 Å². The summed E-state index contributed by atoms with van der Waals surface area (Å²) in [6.07, 6.45) is 1.05. The van der Waals surface area contributed by atoms with Crippen LogP contribution in [0.3, 0.4) is 0 Å². The van der Waals surface area contributed by atoms with Crippen molar-refractivity contribution in [1.82, 2.24) is 0 Å². The Balaban J connectivity index is 2.56. The molecule has 0 N–H and O–H groups in total. The molecular weight excluding hydrogens is 136 g/mol. The molecule has 0 bridgehead atoms. The molecule has 0 heterocycles. The normalized spacial score (nSPS) is 9.64. The maximum Gasteiger partial charge on any atom is 0.120 e. The van der Waals surface area contributed by atoms with Crippen LogP contribution in [0.15, 0.2) is 18.2 Å². The van der Waals surface area contributed by atoms with Crippen LogP contribution in [0.1, 0.15) is 18.9 Å². The zero-order valence-electron chi connectivity index (χ0n) is 7.05. The van der Waals surface area contributed by atoms with E-state index in [2.05, 4.69) is 13.0 Å². The molecule has 0 spiro atoms. The van der Waals surface area contributed by atoms with E-state index in [1.165, 1.54) is 5.56 Å². The predicted octanol–water partition coefficient (Wildman–Crippen LogP) is 2.58. The number of aryl methyl sites for hydroxylation is 1. The van der Waals surface area contributed by atoms with Crippen molar-refractivity contribution in [3.05, 3.63) is 29.8 Å². The number of hydrogen-bond acceptors (Lipinski definition) is 1. The maximum absolute atomic E-state index is 5.40. The van der Waals surface area contributed by atoms with Gasteiger partial charge in [0.1, 0.15) is 5.75 Å². The first-order valence-electron chi connectivity index (χ1n) is 3.93. The third-order valence-electron chi connectivity index (χ3n) is 1.38. The minimum Gasteiger partial charge on any atom is -0.494 e. The maximum atomic E-state index is 5.40. The zero-order chi connectivity index (χ0) is 8.10. The second-order valence-corrected chi connectivity index (χ2v) is 2.59. The summed E-state index contributed by atoms with van der Waals surface area (Å²) in [4.78, 5) is 0. The van der Waals surface area contributed by atoms with Crippen LogP contribution >= 0.6 is 0 Å². The van der Waals surface area contributed by atoms with E-state index in [1.54, 1.807) is 0 Å². The Morgan fingerprint density at radius 2 is 2.27 bits per heavy atom. The molecule has 1 aromatic carbocycles. The minimum absolute atomic E-state index is 0.789. The summed E-state index contributed by atoms with van der Waals surface area (Å²) >= 11 is 0. The first kappa shape index (κ1) is 8.12. The molecule has 0 aromatic heterocycles. The van der Waals surface area contributed by atoms with Crippen molar-refractivity contribution in [2.75, 3.05) is 6.61 Å². The Morgan fingerprint density at radius 3 is 2.91 bits per heavy atom. The standard InChI is InChI=1S/C10H13O/c1-3-7-11-10-6-4-5-9(2)8-10/h5-6,8H,3,7H2,1-2H3. The van der Waals surface area contributed by atoms with Gasteiger partial charge < -0.3 is 4.74 Å². The molecule has 0 aliphatic carbocycles. The van der Waals surface area contributed by atoms with Crippen LogP contribution in [0.5, 0.6) is 5.75 Å². The lowest BCUT2D eigenvalue weighted by Gasteiger charge is -2.03. The highest BCUT2D eigenvalue weighted by molar-refractivity contribution is 5.26. The second kappa shape index (κ2) is 4.02. The molecule has 0 fully saturated rings. The smallest absolute Gasteiger partial charge is 0.120 e. The fourth-order valence-electron chi connectivity index (χ4n) is 0.866. The Hall–Kier alpha value is -0.980. The number of rotatable bonds is 3. The molecule has 1 rings (SSSR count). The monoisotopic (exact) mass is 149 g/mol. The predicted molar refractivity (Wildman–Crippen MR) is 45.8 cm³/mol. The molecule has 0 atom stereocenters. The average Bonchev–Trinajstić information content (AvgIpc) is 2.01. The van der Waals surface area contributed by atoms with Crippen molar-refractivity contribution < 1.29 is 4.74 Å². The highest BCUT2D eigenvalue weighted by Crippen LogP contribution is 2.11. The van der Waals surface area contributed by atoms with Crippen molar-refractivity contribution in [3.63, 3.8) is 0 Å². The van der Waals surface area contributed by atoms with Gasteiger partial charge in [0.25, 0.3) is 0 Å². The first-order chi connectivity index (χ1) is 5.33. The summed E-state index contributed by atoms with van der Waals surface area (Å²) < 4.78 is 5.40.